The van der Waals surface area contributed by atoms with Gasteiger partial charge < -0.3 is 14.9 Å². The van der Waals surface area contributed by atoms with Crippen molar-refractivity contribution < 1.29 is 19.7 Å². The van der Waals surface area contributed by atoms with Gasteiger partial charge in [-0.25, -0.2) is 0 Å². The summed E-state index contributed by atoms with van der Waals surface area (Å²) >= 11 is 0. The van der Waals surface area contributed by atoms with Crippen LogP contribution in [0.5, 0.6) is 23.0 Å². The zero-order valence-corrected chi connectivity index (χ0v) is 16.0. The number of carbonyl (C=O) groups is 1. The molecule has 1 heterocycles. The zero-order chi connectivity index (χ0) is 20.7. The second-order valence-corrected chi connectivity index (χ2v) is 7.31. The second-order valence-electron chi connectivity index (χ2n) is 7.31. The van der Waals surface area contributed by atoms with Crippen LogP contribution in [-0.2, 0) is 6.42 Å². The average Bonchev–Trinajstić information content (AvgIpc) is 2.89. The predicted octanol–water partition coefficient (Wildman–Crippen LogP) is 5.96. The first-order valence-corrected chi connectivity index (χ1v) is 9.64. The van der Waals surface area contributed by atoms with Crippen LogP contribution in [0.25, 0.3) is 22.3 Å². The number of phenolic OH excluding ortho intramolecular Hbond substituents is 2. The quantitative estimate of drug-likeness (QED) is 0.440. The third kappa shape index (κ3) is 3.18. The fourth-order valence-corrected chi connectivity index (χ4v) is 3.79. The Morgan fingerprint density at radius 2 is 1.30 bits per heavy atom. The Hall–Kier alpha value is -4.05. The van der Waals surface area contributed by atoms with Crippen LogP contribution in [0.4, 0.5) is 0 Å². The summed E-state index contributed by atoms with van der Waals surface area (Å²) in [5, 5.41) is 19.9. The van der Waals surface area contributed by atoms with Crippen LogP contribution in [0.15, 0.2) is 84.9 Å². The molecule has 0 fully saturated rings. The lowest BCUT2D eigenvalue weighted by molar-refractivity contribution is 0.0991. The molecule has 0 spiro atoms. The number of ketones is 1. The van der Waals surface area contributed by atoms with Gasteiger partial charge in [0.1, 0.15) is 28.6 Å². The van der Waals surface area contributed by atoms with E-state index in [9.17, 15) is 15.0 Å². The number of hydrogen-bond acceptors (Lipinski definition) is 4. The van der Waals surface area contributed by atoms with Gasteiger partial charge in [-0.15, -0.1) is 0 Å². The molecule has 5 rings (SSSR count). The zero-order valence-electron chi connectivity index (χ0n) is 16.0. The van der Waals surface area contributed by atoms with Gasteiger partial charge in [-0.3, -0.25) is 4.79 Å². The molecule has 4 aromatic rings. The lowest BCUT2D eigenvalue weighted by atomic mass is 9.97. The second kappa shape index (κ2) is 7.08. The Kier molecular flexibility index (Phi) is 4.25. The number of Topliss-reactive ketones (excluding diaryl/α,β-unsaturated/α-hetero) is 1. The summed E-state index contributed by atoms with van der Waals surface area (Å²) in [6.45, 7) is 0. The molecule has 4 aromatic carbocycles. The van der Waals surface area contributed by atoms with Gasteiger partial charge >= 0.3 is 0 Å². The molecule has 0 amide bonds. The molecule has 2 N–H and O–H groups in total. The Bertz CT molecular complexity index is 1260. The van der Waals surface area contributed by atoms with Crippen molar-refractivity contribution in [3.63, 3.8) is 0 Å². The standard InChI is InChI=1S/C26H18O4/c27-21-14-23(29)26-22(28)12-20-11-10-19(13-24(20)30-25(26)15-21)18-8-6-17(7-9-18)16-4-2-1-3-5-16/h1-11,13-15,27,29H,12H2. The number of aromatic hydroxyl groups is 2. The van der Waals surface area contributed by atoms with Gasteiger partial charge in [-0.1, -0.05) is 66.7 Å². The molecule has 0 aromatic heterocycles. The van der Waals surface area contributed by atoms with Crippen molar-refractivity contribution in [1.82, 2.24) is 0 Å². The van der Waals surface area contributed by atoms with Crippen LogP contribution in [0, 0.1) is 0 Å². The lowest BCUT2D eigenvalue weighted by Crippen LogP contribution is -2.02. The minimum atomic E-state index is -0.278. The Morgan fingerprint density at radius 1 is 0.667 bits per heavy atom. The fraction of sp³-hybridized carbons (Fsp3) is 0.0385. The van der Waals surface area contributed by atoms with Crippen molar-refractivity contribution in [2.45, 2.75) is 6.42 Å². The van der Waals surface area contributed by atoms with Gasteiger partial charge in [0.2, 0.25) is 0 Å². The summed E-state index contributed by atoms with van der Waals surface area (Å²) in [7, 11) is 0. The summed E-state index contributed by atoms with van der Waals surface area (Å²) in [6, 6.07) is 26.6. The largest absolute Gasteiger partial charge is 0.508 e. The van der Waals surface area contributed by atoms with E-state index in [0.29, 0.717) is 5.75 Å². The normalized spacial score (nSPS) is 12.5. The number of rotatable bonds is 2. The summed E-state index contributed by atoms with van der Waals surface area (Å²) in [5.74, 6) is 0.0143. The third-order valence-electron chi connectivity index (χ3n) is 5.31. The highest BCUT2D eigenvalue weighted by atomic mass is 16.5. The van der Waals surface area contributed by atoms with Crippen LogP contribution in [-0.4, -0.2) is 16.0 Å². The van der Waals surface area contributed by atoms with Crippen molar-refractivity contribution in [2.24, 2.45) is 0 Å². The minimum absolute atomic E-state index is 0.0952. The van der Waals surface area contributed by atoms with E-state index in [1.807, 2.05) is 36.4 Å². The van der Waals surface area contributed by atoms with E-state index in [4.69, 9.17) is 4.74 Å². The number of ether oxygens (including phenoxy) is 1. The van der Waals surface area contributed by atoms with Crippen LogP contribution in [0.3, 0.4) is 0 Å². The van der Waals surface area contributed by atoms with Gasteiger partial charge in [-0.05, 0) is 28.3 Å². The highest BCUT2D eigenvalue weighted by Crippen LogP contribution is 2.41. The summed E-state index contributed by atoms with van der Waals surface area (Å²) in [6.07, 6.45) is 0.119. The molecule has 4 heteroatoms. The van der Waals surface area contributed by atoms with Crippen LogP contribution < -0.4 is 4.74 Å². The van der Waals surface area contributed by atoms with E-state index in [1.165, 1.54) is 6.07 Å². The molecule has 1 aliphatic rings. The van der Waals surface area contributed by atoms with Gasteiger partial charge in [0.25, 0.3) is 0 Å². The first-order chi connectivity index (χ1) is 14.6. The molecular formula is C26H18O4. The Labute approximate surface area is 173 Å². The van der Waals surface area contributed by atoms with Gasteiger partial charge in [0.15, 0.2) is 5.78 Å². The summed E-state index contributed by atoms with van der Waals surface area (Å²) in [5.41, 5.74) is 5.10. The SMILES string of the molecule is O=C1Cc2ccc(-c3ccc(-c4ccccc4)cc3)cc2Oc2cc(O)cc(O)c21. The lowest BCUT2D eigenvalue weighted by Gasteiger charge is -2.12. The van der Waals surface area contributed by atoms with Crippen molar-refractivity contribution in [2.75, 3.05) is 0 Å². The third-order valence-corrected chi connectivity index (χ3v) is 5.31. The van der Waals surface area contributed by atoms with Gasteiger partial charge in [0, 0.05) is 24.1 Å². The molecule has 0 aliphatic carbocycles. The van der Waals surface area contributed by atoms with Crippen LogP contribution in [0.1, 0.15) is 15.9 Å². The number of phenols is 2. The Balaban J connectivity index is 1.52. The van der Waals surface area contributed by atoms with Crippen molar-refractivity contribution in [3.05, 3.63) is 96.1 Å². The molecule has 0 bridgehead atoms. The topological polar surface area (TPSA) is 66.8 Å². The highest BCUT2D eigenvalue weighted by molar-refractivity contribution is 6.03. The van der Waals surface area contributed by atoms with E-state index >= 15 is 0 Å². The highest BCUT2D eigenvalue weighted by Gasteiger charge is 2.25. The Morgan fingerprint density at radius 3 is 2.03 bits per heavy atom. The van der Waals surface area contributed by atoms with Gasteiger partial charge in [0.05, 0.1) is 0 Å². The molecule has 30 heavy (non-hydrogen) atoms. The molecule has 0 radical (unpaired) electrons. The number of benzene rings is 4. The minimum Gasteiger partial charge on any atom is -0.508 e. The number of hydrogen-bond donors (Lipinski definition) is 2. The van der Waals surface area contributed by atoms with Gasteiger partial charge in [-0.2, -0.15) is 0 Å². The maximum atomic E-state index is 12.6. The number of carbonyl (C=O) groups excluding carboxylic acids is 1. The molecule has 146 valence electrons. The molecule has 1 aliphatic heterocycles. The first kappa shape index (κ1) is 18.0. The summed E-state index contributed by atoms with van der Waals surface area (Å²) < 4.78 is 5.95. The van der Waals surface area contributed by atoms with E-state index in [1.54, 1.807) is 0 Å². The number of fused-ring (bicyclic) bond motifs is 2. The fourth-order valence-electron chi connectivity index (χ4n) is 3.79. The molecule has 0 saturated heterocycles. The van der Waals surface area contributed by atoms with Crippen molar-refractivity contribution in [3.8, 4) is 45.3 Å². The monoisotopic (exact) mass is 394 g/mol. The van der Waals surface area contributed by atoms with Crippen LogP contribution >= 0.6 is 0 Å². The maximum absolute atomic E-state index is 12.6. The van der Waals surface area contributed by atoms with Crippen LogP contribution in [0.2, 0.25) is 0 Å². The van der Waals surface area contributed by atoms with Crippen molar-refractivity contribution in [1.29, 1.82) is 0 Å². The van der Waals surface area contributed by atoms with E-state index < -0.39 is 0 Å². The molecule has 0 unspecified atom stereocenters. The molecule has 0 saturated carbocycles. The van der Waals surface area contributed by atoms with E-state index in [0.717, 1.165) is 33.9 Å². The molecule has 4 nitrogen and oxygen atoms in total. The van der Waals surface area contributed by atoms with E-state index in [2.05, 4.69) is 36.4 Å². The maximum Gasteiger partial charge on any atom is 0.174 e. The van der Waals surface area contributed by atoms with E-state index in [-0.39, 0.29) is 35.0 Å². The average molecular weight is 394 g/mol. The smallest absolute Gasteiger partial charge is 0.174 e. The van der Waals surface area contributed by atoms with Crippen molar-refractivity contribution >= 4 is 5.78 Å². The summed E-state index contributed by atoms with van der Waals surface area (Å²) in [4.78, 5) is 12.6. The predicted molar refractivity (Wildman–Crippen MR) is 115 cm³/mol. The molecular weight excluding hydrogens is 376 g/mol. The molecule has 0 atom stereocenters. The first-order valence-electron chi connectivity index (χ1n) is 9.64.